The van der Waals surface area contributed by atoms with Crippen LogP contribution in [-0.4, -0.2) is 28.3 Å². The predicted octanol–water partition coefficient (Wildman–Crippen LogP) is 2.84. The third-order valence-corrected chi connectivity index (χ3v) is 3.16. The van der Waals surface area contributed by atoms with Crippen molar-refractivity contribution in [2.24, 2.45) is 0 Å². The van der Waals surface area contributed by atoms with E-state index in [4.69, 9.17) is 4.74 Å². The number of amides is 1. The SMILES string of the molecule is C[C@H](CNC(=O)c1cnn(C(C)(C)C)c1)Oc1ccccc1. The molecule has 0 saturated carbocycles. The smallest absolute Gasteiger partial charge is 0.254 e. The van der Waals surface area contributed by atoms with E-state index < -0.39 is 0 Å². The number of rotatable bonds is 5. The molecule has 0 unspecified atom stereocenters. The predicted molar refractivity (Wildman–Crippen MR) is 86.1 cm³/mol. The summed E-state index contributed by atoms with van der Waals surface area (Å²) in [7, 11) is 0. The number of nitrogens with zero attached hydrogens (tertiary/aromatic N) is 2. The molecular weight excluding hydrogens is 278 g/mol. The number of hydrogen-bond donors (Lipinski definition) is 1. The molecular formula is C17H23N3O2. The summed E-state index contributed by atoms with van der Waals surface area (Å²) in [4.78, 5) is 12.1. The molecule has 0 aliphatic heterocycles. The molecule has 118 valence electrons. The molecule has 0 fully saturated rings. The van der Waals surface area contributed by atoms with E-state index in [1.54, 1.807) is 17.1 Å². The number of benzene rings is 1. The van der Waals surface area contributed by atoms with Gasteiger partial charge in [-0.1, -0.05) is 18.2 Å². The van der Waals surface area contributed by atoms with Gasteiger partial charge in [-0.15, -0.1) is 0 Å². The fourth-order valence-electron chi connectivity index (χ4n) is 1.92. The van der Waals surface area contributed by atoms with Gasteiger partial charge in [0.2, 0.25) is 0 Å². The van der Waals surface area contributed by atoms with Crippen LogP contribution in [0.2, 0.25) is 0 Å². The Bertz CT molecular complexity index is 614. The van der Waals surface area contributed by atoms with E-state index in [1.165, 1.54) is 0 Å². The van der Waals surface area contributed by atoms with Gasteiger partial charge >= 0.3 is 0 Å². The van der Waals surface area contributed by atoms with E-state index in [0.717, 1.165) is 5.75 Å². The first-order valence-corrected chi connectivity index (χ1v) is 7.41. The first-order chi connectivity index (χ1) is 10.4. The number of aromatic nitrogens is 2. The lowest BCUT2D eigenvalue weighted by molar-refractivity contribution is 0.0932. The van der Waals surface area contributed by atoms with E-state index >= 15 is 0 Å². The van der Waals surface area contributed by atoms with Crippen molar-refractivity contribution in [1.82, 2.24) is 15.1 Å². The van der Waals surface area contributed by atoms with Crippen LogP contribution in [0.4, 0.5) is 0 Å². The first kappa shape index (κ1) is 16.1. The Morgan fingerprint density at radius 2 is 2.00 bits per heavy atom. The van der Waals surface area contributed by atoms with E-state index in [2.05, 4.69) is 10.4 Å². The molecule has 1 heterocycles. The average molecular weight is 301 g/mol. The minimum Gasteiger partial charge on any atom is -0.489 e. The van der Waals surface area contributed by atoms with Crippen LogP contribution in [0.1, 0.15) is 38.1 Å². The van der Waals surface area contributed by atoms with Gasteiger partial charge in [-0.25, -0.2) is 0 Å². The minimum absolute atomic E-state index is 0.107. The Balaban J connectivity index is 1.86. The molecule has 1 N–H and O–H groups in total. The van der Waals surface area contributed by atoms with Crippen LogP contribution < -0.4 is 10.1 Å². The number of hydrogen-bond acceptors (Lipinski definition) is 3. The zero-order valence-electron chi connectivity index (χ0n) is 13.5. The van der Waals surface area contributed by atoms with Crippen molar-refractivity contribution in [1.29, 1.82) is 0 Å². The zero-order chi connectivity index (χ0) is 16.2. The summed E-state index contributed by atoms with van der Waals surface area (Å²) in [6, 6.07) is 9.56. The highest BCUT2D eigenvalue weighted by molar-refractivity contribution is 5.93. The van der Waals surface area contributed by atoms with Gasteiger partial charge in [-0.05, 0) is 39.8 Å². The maximum Gasteiger partial charge on any atom is 0.254 e. The Kier molecular flexibility index (Phi) is 4.85. The van der Waals surface area contributed by atoms with Gasteiger partial charge in [0.05, 0.1) is 23.8 Å². The van der Waals surface area contributed by atoms with Gasteiger partial charge in [0.1, 0.15) is 11.9 Å². The van der Waals surface area contributed by atoms with Gasteiger partial charge in [0.25, 0.3) is 5.91 Å². The molecule has 1 aromatic heterocycles. The summed E-state index contributed by atoms with van der Waals surface area (Å²) in [5.41, 5.74) is 0.421. The van der Waals surface area contributed by atoms with E-state index in [9.17, 15) is 4.79 Å². The van der Waals surface area contributed by atoms with Crippen LogP contribution in [0.3, 0.4) is 0 Å². The molecule has 22 heavy (non-hydrogen) atoms. The molecule has 1 aromatic carbocycles. The van der Waals surface area contributed by atoms with Crippen LogP contribution in [0, 0.1) is 0 Å². The van der Waals surface area contributed by atoms with Gasteiger partial charge < -0.3 is 10.1 Å². The van der Waals surface area contributed by atoms with Crippen molar-refractivity contribution < 1.29 is 9.53 Å². The fourth-order valence-corrected chi connectivity index (χ4v) is 1.92. The van der Waals surface area contributed by atoms with Crippen molar-refractivity contribution in [2.45, 2.75) is 39.3 Å². The average Bonchev–Trinajstić information content (AvgIpc) is 2.96. The standard InChI is InChI=1S/C17H23N3O2/c1-13(22-15-8-6-5-7-9-15)10-18-16(21)14-11-19-20(12-14)17(2,3)4/h5-9,11-13H,10H2,1-4H3,(H,18,21)/t13-/m1/s1. The lowest BCUT2D eigenvalue weighted by Gasteiger charge is -2.18. The topological polar surface area (TPSA) is 56.2 Å². The highest BCUT2D eigenvalue weighted by atomic mass is 16.5. The molecule has 5 heteroatoms. The summed E-state index contributed by atoms with van der Waals surface area (Å²) in [6.45, 7) is 8.48. The van der Waals surface area contributed by atoms with Crippen LogP contribution in [0.5, 0.6) is 5.75 Å². The molecule has 0 saturated heterocycles. The molecule has 0 spiro atoms. The molecule has 0 bridgehead atoms. The van der Waals surface area contributed by atoms with Crippen molar-refractivity contribution >= 4 is 5.91 Å². The molecule has 5 nitrogen and oxygen atoms in total. The summed E-state index contributed by atoms with van der Waals surface area (Å²) in [5.74, 6) is 0.656. The largest absolute Gasteiger partial charge is 0.489 e. The summed E-state index contributed by atoms with van der Waals surface area (Å²) in [6.07, 6.45) is 3.24. The minimum atomic E-state index is -0.140. The Hall–Kier alpha value is -2.30. The van der Waals surface area contributed by atoms with Crippen LogP contribution >= 0.6 is 0 Å². The Morgan fingerprint density at radius 1 is 1.32 bits per heavy atom. The van der Waals surface area contributed by atoms with Gasteiger partial charge in [0, 0.05) is 6.20 Å². The number of carbonyl (C=O) groups excluding carboxylic acids is 1. The number of ether oxygens (including phenoxy) is 1. The van der Waals surface area contributed by atoms with Crippen molar-refractivity contribution in [3.63, 3.8) is 0 Å². The Labute approximate surface area is 131 Å². The van der Waals surface area contributed by atoms with E-state index in [0.29, 0.717) is 12.1 Å². The molecule has 2 rings (SSSR count). The van der Waals surface area contributed by atoms with Crippen molar-refractivity contribution in [2.75, 3.05) is 6.54 Å². The molecule has 1 amide bonds. The van der Waals surface area contributed by atoms with E-state index in [-0.39, 0.29) is 17.6 Å². The molecule has 0 aliphatic carbocycles. The van der Waals surface area contributed by atoms with Crippen molar-refractivity contribution in [3.8, 4) is 5.75 Å². The van der Waals surface area contributed by atoms with Gasteiger partial charge in [-0.3, -0.25) is 9.48 Å². The fraction of sp³-hybridized carbons (Fsp3) is 0.412. The van der Waals surface area contributed by atoms with Crippen molar-refractivity contribution in [3.05, 3.63) is 48.3 Å². The molecule has 1 atom stereocenters. The number of carbonyl (C=O) groups is 1. The maximum absolute atomic E-state index is 12.1. The highest BCUT2D eigenvalue weighted by Gasteiger charge is 2.17. The monoisotopic (exact) mass is 301 g/mol. The quantitative estimate of drug-likeness (QED) is 0.924. The normalized spacial score (nSPS) is 12.7. The third-order valence-electron chi connectivity index (χ3n) is 3.16. The van der Waals surface area contributed by atoms with Crippen LogP contribution in [0.25, 0.3) is 0 Å². The lowest BCUT2D eigenvalue weighted by atomic mass is 10.1. The second-order valence-electron chi connectivity index (χ2n) is 6.30. The van der Waals surface area contributed by atoms with Gasteiger partial charge in [0.15, 0.2) is 0 Å². The van der Waals surface area contributed by atoms with Crippen LogP contribution in [0.15, 0.2) is 42.7 Å². The van der Waals surface area contributed by atoms with Gasteiger partial charge in [-0.2, -0.15) is 5.10 Å². The molecule has 2 aromatic rings. The number of nitrogens with one attached hydrogen (secondary N) is 1. The second-order valence-corrected chi connectivity index (χ2v) is 6.30. The summed E-state index contributed by atoms with van der Waals surface area (Å²) < 4.78 is 7.51. The summed E-state index contributed by atoms with van der Waals surface area (Å²) in [5, 5.41) is 7.09. The third kappa shape index (κ3) is 4.35. The maximum atomic E-state index is 12.1. The molecule has 0 radical (unpaired) electrons. The summed E-state index contributed by atoms with van der Waals surface area (Å²) >= 11 is 0. The molecule has 0 aliphatic rings. The van der Waals surface area contributed by atoms with E-state index in [1.807, 2.05) is 58.0 Å². The highest BCUT2D eigenvalue weighted by Crippen LogP contribution is 2.13. The van der Waals surface area contributed by atoms with Crippen LogP contribution in [-0.2, 0) is 5.54 Å². The zero-order valence-corrected chi connectivity index (χ0v) is 13.5. The second kappa shape index (κ2) is 6.64. The lowest BCUT2D eigenvalue weighted by Crippen LogP contribution is -2.33. The number of para-hydroxylation sites is 1. The first-order valence-electron chi connectivity index (χ1n) is 7.41. The Morgan fingerprint density at radius 3 is 2.59 bits per heavy atom.